The fraction of sp³-hybridized carbons (Fsp3) is 0.500. The minimum Gasteiger partial charge on any atom is -0.251 e. The van der Waals surface area contributed by atoms with Crippen molar-refractivity contribution in [1.29, 1.82) is 0 Å². The Labute approximate surface area is 92.7 Å². The fourth-order valence-corrected chi connectivity index (χ4v) is 0.914. The Balaban J connectivity index is 3.63. The number of rotatable bonds is 5. The second-order valence-corrected chi connectivity index (χ2v) is 2.49. The van der Waals surface area contributed by atoms with Crippen molar-refractivity contribution in [2.24, 2.45) is 0 Å². The number of hydrogen-bond acceptors (Lipinski definition) is 10. The molecule has 18 heavy (non-hydrogen) atoms. The van der Waals surface area contributed by atoms with Gasteiger partial charge in [-0.15, -0.1) is 0 Å². The highest BCUT2D eigenvalue weighted by Crippen LogP contribution is 2.23. The Morgan fingerprint density at radius 2 is 1.56 bits per heavy atom. The summed E-state index contributed by atoms with van der Waals surface area (Å²) < 4.78 is 23.5. The highest BCUT2D eigenvalue weighted by atomic mass is 19.4. The zero-order valence-electron chi connectivity index (χ0n) is 7.78. The van der Waals surface area contributed by atoms with Gasteiger partial charge in [0.15, 0.2) is 0 Å². The van der Waals surface area contributed by atoms with E-state index in [0.29, 0.717) is 0 Å². The summed E-state index contributed by atoms with van der Waals surface area (Å²) in [6.07, 6.45) is 0. The summed E-state index contributed by atoms with van der Waals surface area (Å²) in [6.45, 7) is 0. The van der Waals surface area contributed by atoms with Crippen LogP contribution in [0.25, 0.3) is 0 Å². The van der Waals surface area contributed by atoms with Crippen molar-refractivity contribution in [3.05, 3.63) is 30.3 Å². The van der Waals surface area contributed by atoms with Crippen LogP contribution in [0.3, 0.4) is 0 Å². The zero-order chi connectivity index (χ0) is 14.1. The standard InChI is InChI=1S/C2F2N8O6/c3-9(4)1-5-6-7-8(1)2(10(13)14,11(15)16)12(17)18. The average Bonchev–Trinajstić information content (AvgIpc) is 2.65. The van der Waals surface area contributed by atoms with Gasteiger partial charge in [-0.2, -0.15) is 0 Å². The molecule has 0 amide bonds. The summed E-state index contributed by atoms with van der Waals surface area (Å²) in [5, 5.41) is 37.1. The number of tetrazole rings is 1. The lowest BCUT2D eigenvalue weighted by Gasteiger charge is -2.08. The first-order valence-corrected chi connectivity index (χ1v) is 3.60. The molecule has 0 aliphatic rings. The van der Waals surface area contributed by atoms with Crippen LogP contribution in [0.4, 0.5) is 14.9 Å². The Bertz CT molecular complexity index is 475. The molecule has 1 aromatic rings. The smallest absolute Gasteiger partial charge is 0.251 e. The van der Waals surface area contributed by atoms with E-state index in [0.717, 1.165) is 0 Å². The van der Waals surface area contributed by atoms with Crippen LogP contribution in [0.2, 0.25) is 0 Å². The number of halogens is 2. The van der Waals surface area contributed by atoms with Gasteiger partial charge in [0, 0.05) is 10.0 Å². The third kappa shape index (κ3) is 1.51. The Hall–Kier alpha value is -3.07. The molecule has 0 unspecified atom stereocenters. The van der Waals surface area contributed by atoms with Crippen molar-refractivity contribution in [3.8, 4) is 0 Å². The lowest BCUT2D eigenvalue weighted by Crippen LogP contribution is -2.56. The minimum atomic E-state index is -4.38. The maximum Gasteiger partial charge on any atom is 0.825 e. The quantitative estimate of drug-likeness (QED) is 0.268. The first-order valence-electron chi connectivity index (χ1n) is 3.60. The van der Waals surface area contributed by atoms with Gasteiger partial charge in [-0.05, 0) is 10.4 Å². The highest BCUT2D eigenvalue weighted by Gasteiger charge is 2.77. The van der Waals surface area contributed by atoms with Crippen LogP contribution < -0.4 is 5.34 Å². The molecule has 0 atom stereocenters. The lowest BCUT2D eigenvalue weighted by atomic mass is 10.6. The van der Waals surface area contributed by atoms with Crippen LogP contribution >= 0.6 is 0 Å². The SMILES string of the molecule is O=[N+]([O-])C(n1nnnc1N(F)F)([N+](=O)[O-])[N+](=O)[O-]. The van der Waals surface area contributed by atoms with Crippen molar-refractivity contribution < 1.29 is 23.7 Å². The molecule has 0 aliphatic heterocycles. The molecule has 0 aromatic carbocycles. The Kier molecular flexibility index (Phi) is 2.94. The number of aromatic nitrogens is 4. The van der Waals surface area contributed by atoms with E-state index in [1.54, 1.807) is 0 Å². The summed E-state index contributed by atoms with van der Waals surface area (Å²) in [7, 11) is 0. The molecule has 14 nitrogen and oxygen atoms in total. The number of anilines is 1. The summed E-state index contributed by atoms with van der Waals surface area (Å²) >= 11 is 0. The van der Waals surface area contributed by atoms with Gasteiger partial charge in [-0.3, -0.25) is 30.3 Å². The molecule has 0 N–H and O–H groups in total. The van der Waals surface area contributed by atoms with E-state index in [9.17, 15) is 39.3 Å². The first kappa shape index (κ1) is 13.0. The maximum atomic E-state index is 12.2. The van der Waals surface area contributed by atoms with Crippen molar-refractivity contribution >= 4 is 5.95 Å². The van der Waals surface area contributed by atoms with E-state index in [1.807, 2.05) is 0 Å². The van der Waals surface area contributed by atoms with Crippen molar-refractivity contribution in [1.82, 2.24) is 20.2 Å². The van der Waals surface area contributed by atoms with Crippen LogP contribution in [-0.2, 0) is 5.91 Å². The van der Waals surface area contributed by atoms with Gasteiger partial charge in [0.05, 0.1) is 0 Å². The van der Waals surface area contributed by atoms with E-state index in [1.165, 1.54) is 0 Å². The van der Waals surface area contributed by atoms with Crippen LogP contribution in [0.5, 0.6) is 0 Å². The van der Waals surface area contributed by atoms with Gasteiger partial charge < -0.3 is 0 Å². The second kappa shape index (κ2) is 4.07. The molecule has 0 fully saturated rings. The van der Waals surface area contributed by atoms with E-state index in [2.05, 4.69) is 15.5 Å². The molecule has 16 heteroatoms. The molecule has 0 saturated heterocycles. The molecule has 1 rings (SSSR count). The lowest BCUT2D eigenvalue weighted by molar-refractivity contribution is -1.01. The topological polar surface area (TPSA) is 176 Å². The molecule has 0 bridgehead atoms. The largest absolute Gasteiger partial charge is 0.825 e. The molecule has 0 radical (unpaired) electrons. The third-order valence-electron chi connectivity index (χ3n) is 1.62. The van der Waals surface area contributed by atoms with Crippen LogP contribution in [0, 0.1) is 30.3 Å². The van der Waals surface area contributed by atoms with Gasteiger partial charge in [0.25, 0.3) is 0 Å². The van der Waals surface area contributed by atoms with Gasteiger partial charge in [0.2, 0.25) is 14.8 Å². The summed E-state index contributed by atoms with van der Waals surface area (Å²) in [6, 6.07) is 0. The molecule has 1 heterocycles. The van der Waals surface area contributed by atoms with E-state index in [-0.39, 0.29) is 0 Å². The zero-order valence-corrected chi connectivity index (χ0v) is 7.78. The third-order valence-corrected chi connectivity index (χ3v) is 1.62. The maximum absolute atomic E-state index is 12.2. The normalized spacial score (nSPS) is 11.0. The predicted molar refractivity (Wildman–Crippen MR) is 41.5 cm³/mol. The van der Waals surface area contributed by atoms with Crippen molar-refractivity contribution in [3.63, 3.8) is 0 Å². The van der Waals surface area contributed by atoms with Crippen LogP contribution in [0.1, 0.15) is 0 Å². The highest BCUT2D eigenvalue weighted by molar-refractivity contribution is 5.17. The van der Waals surface area contributed by atoms with Crippen molar-refractivity contribution in [2.75, 3.05) is 5.34 Å². The number of hydrogen-bond donors (Lipinski definition) is 0. The summed E-state index contributed by atoms with van der Waals surface area (Å²) in [5.41, 5.74) is 0. The Morgan fingerprint density at radius 3 is 1.89 bits per heavy atom. The summed E-state index contributed by atoms with van der Waals surface area (Å²) in [5.74, 6) is -6.21. The van der Waals surface area contributed by atoms with E-state index >= 15 is 0 Å². The fourth-order valence-electron chi connectivity index (χ4n) is 0.914. The number of nitrogens with zero attached hydrogens (tertiary/aromatic N) is 8. The van der Waals surface area contributed by atoms with E-state index in [4.69, 9.17) is 0 Å². The molecule has 1 aromatic heterocycles. The van der Waals surface area contributed by atoms with Crippen LogP contribution in [-0.4, -0.2) is 35.0 Å². The molecular weight excluding hydrogens is 270 g/mol. The first-order chi connectivity index (χ1) is 8.26. The van der Waals surface area contributed by atoms with Crippen LogP contribution in [0.15, 0.2) is 0 Å². The molecule has 0 saturated carbocycles. The van der Waals surface area contributed by atoms with Crippen molar-refractivity contribution in [2.45, 2.75) is 5.91 Å². The molecule has 98 valence electrons. The van der Waals surface area contributed by atoms with Gasteiger partial charge >= 0.3 is 11.9 Å². The van der Waals surface area contributed by atoms with Gasteiger partial charge in [0.1, 0.15) is 0 Å². The molecular formula is C2F2N8O6. The minimum absolute atomic E-state index is 0.826. The predicted octanol–water partition coefficient (Wildman–Crippen LogP) is -1.35. The van der Waals surface area contributed by atoms with E-state index < -0.39 is 36.7 Å². The summed E-state index contributed by atoms with van der Waals surface area (Å²) in [4.78, 5) is 25.5. The monoisotopic (exact) mass is 270 g/mol. The molecule has 0 spiro atoms. The van der Waals surface area contributed by atoms with Gasteiger partial charge in [-0.1, -0.05) is 14.1 Å². The van der Waals surface area contributed by atoms with Gasteiger partial charge in [-0.25, -0.2) is 0 Å². The molecule has 0 aliphatic carbocycles. The Morgan fingerprint density at radius 1 is 1.11 bits per heavy atom. The average molecular weight is 270 g/mol. The number of nitro groups is 3. The second-order valence-electron chi connectivity index (χ2n) is 2.49.